The summed E-state index contributed by atoms with van der Waals surface area (Å²) in [6.07, 6.45) is 13.0. The van der Waals surface area contributed by atoms with Crippen LogP contribution in [-0.4, -0.2) is 46.1 Å². The lowest BCUT2D eigenvalue weighted by atomic mass is 9.80. The molecule has 31 heavy (non-hydrogen) atoms. The number of carbonyl (C=O) groups is 1. The number of anilines is 1. The number of carbonyl (C=O) groups excluding carboxylic acids is 1. The molecule has 3 atom stereocenters. The zero-order valence-electron chi connectivity index (χ0n) is 18.1. The molecule has 2 heterocycles. The van der Waals surface area contributed by atoms with Crippen LogP contribution in [0.2, 0.25) is 0 Å². The van der Waals surface area contributed by atoms with Gasteiger partial charge in [-0.1, -0.05) is 6.42 Å². The number of aromatic nitrogens is 1. The van der Waals surface area contributed by atoms with Crippen molar-refractivity contribution < 1.29 is 14.3 Å². The van der Waals surface area contributed by atoms with E-state index in [0.29, 0.717) is 30.1 Å². The van der Waals surface area contributed by atoms with E-state index in [0.717, 1.165) is 44.1 Å². The number of aliphatic hydroxyl groups excluding tert-OH is 1. The van der Waals surface area contributed by atoms with Crippen LogP contribution >= 0.6 is 0 Å². The molecule has 0 bridgehead atoms. The summed E-state index contributed by atoms with van der Waals surface area (Å²) in [6, 6.07) is 1.68. The van der Waals surface area contributed by atoms with E-state index in [-0.39, 0.29) is 29.8 Å². The van der Waals surface area contributed by atoms with Gasteiger partial charge in [-0.15, -0.1) is 0 Å². The molecule has 1 amide bonds. The van der Waals surface area contributed by atoms with Gasteiger partial charge in [0.25, 0.3) is 5.91 Å². The molecule has 168 valence electrons. The maximum Gasteiger partial charge on any atom is 0.272 e. The number of rotatable bonds is 4. The van der Waals surface area contributed by atoms with Crippen LogP contribution in [0.1, 0.15) is 62.8 Å². The number of pyridine rings is 1. The van der Waals surface area contributed by atoms with Gasteiger partial charge < -0.3 is 21.1 Å². The standard InChI is InChI=1S/C24H33FN4O2/c1-29-22(10-9-20(25)23(29)15-5-7-18(30)8-6-15)24(31)28-21-14-27-12-11-19(21)16-3-2-4-17(26)13-16/h9-12,14-18,23,30H,2-8,13,26H2,1H3,(H,28,31)/t15?,16-,17+,18?,23?/m1/s1. The molecule has 4 N–H and O–H groups in total. The Labute approximate surface area is 183 Å². The molecular weight excluding hydrogens is 395 g/mol. The Morgan fingerprint density at radius 2 is 2.00 bits per heavy atom. The lowest BCUT2D eigenvalue weighted by Gasteiger charge is -2.40. The lowest BCUT2D eigenvalue weighted by molar-refractivity contribution is -0.114. The minimum Gasteiger partial charge on any atom is -0.393 e. The summed E-state index contributed by atoms with van der Waals surface area (Å²) in [6.45, 7) is 0. The summed E-state index contributed by atoms with van der Waals surface area (Å²) in [5.41, 5.74) is 8.39. The highest BCUT2D eigenvalue weighted by Gasteiger charge is 2.36. The molecule has 0 radical (unpaired) electrons. The normalized spacial score (nSPS) is 31.6. The van der Waals surface area contributed by atoms with Crippen molar-refractivity contribution in [2.75, 3.05) is 12.4 Å². The first kappa shape index (κ1) is 22.0. The third-order valence-corrected chi connectivity index (χ3v) is 7.16. The molecule has 3 aliphatic rings. The SMILES string of the molecule is CN1C(C(=O)Nc2cnccc2[C@@H]2CCC[C@H](N)C2)=CC=C(F)C1C1CCC(O)CC1. The summed E-state index contributed by atoms with van der Waals surface area (Å²) in [5.74, 6) is -0.0992. The molecular formula is C24H33FN4O2. The van der Waals surface area contributed by atoms with E-state index < -0.39 is 6.04 Å². The molecule has 1 aromatic heterocycles. The molecule has 1 aliphatic heterocycles. The van der Waals surface area contributed by atoms with E-state index in [1.54, 1.807) is 30.4 Å². The fraction of sp³-hybridized carbons (Fsp3) is 0.583. The Morgan fingerprint density at radius 1 is 1.23 bits per heavy atom. The van der Waals surface area contributed by atoms with E-state index in [9.17, 15) is 14.3 Å². The van der Waals surface area contributed by atoms with Gasteiger partial charge in [-0.3, -0.25) is 9.78 Å². The number of likely N-dealkylation sites (N-methyl/N-ethyl adjacent to an activating group) is 1. The number of nitrogens with one attached hydrogen (secondary N) is 1. The minimum absolute atomic E-state index is 0.0822. The molecule has 7 heteroatoms. The van der Waals surface area contributed by atoms with Crippen molar-refractivity contribution in [1.82, 2.24) is 9.88 Å². The average molecular weight is 429 g/mol. The minimum atomic E-state index is -0.469. The van der Waals surface area contributed by atoms with Crippen LogP contribution in [0.15, 0.2) is 42.1 Å². The first-order valence-electron chi connectivity index (χ1n) is 11.4. The molecule has 0 spiro atoms. The second-order valence-corrected chi connectivity index (χ2v) is 9.27. The van der Waals surface area contributed by atoms with Gasteiger partial charge >= 0.3 is 0 Å². The van der Waals surface area contributed by atoms with Gasteiger partial charge in [0.1, 0.15) is 11.5 Å². The average Bonchev–Trinajstić information content (AvgIpc) is 2.75. The predicted octanol–water partition coefficient (Wildman–Crippen LogP) is 3.61. The van der Waals surface area contributed by atoms with E-state index in [4.69, 9.17) is 5.73 Å². The maximum atomic E-state index is 14.7. The topological polar surface area (TPSA) is 91.5 Å². The first-order valence-corrected chi connectivity index (χ1v) is 11.4. The molecule has 6 nitrogen and oxygen atoms in total. The van der Waals surface area contributed by atoms with Crippen LogP contribution < -0.4 is 11.1 Å². The fourth-order valence-electron chi connectivity index (χ4n) is 5.47. The quantitative estimate of drug-likeness (QED) is 0.682. The summed E-state index contributed by atoms with van der Waals surface area (Å²) >= 11 is 0. The highest BCUT2D eigenvalue weighted by atomic mass is 19.1. The molecule has 0 saturated heterocycles. The predicted molar refractivity (Wildman–Crippen MR) is 119 cm³/mol. The van der Waals surface area contributed by atoms with Crippen LogP contribution in [0.25, 0.3) is 0 Å². The van der Waals surface area contributed by atoms with Gasteiger partial charge in [0, 0.05) is 19.3 Å². The van der Waals surface area contributed by atoms with E-state index in [1.807, 2.05) is 6.07 Å². The molecule has 2 fully saturated rings. The second kappa shape index (κ2) is 9.49. The van der Waals surface area contributed by atoms with Crippen LogP contribution in [0, 0.1) is 5.92 Å². The Kier molecular flexibility index (Phi) is 6.72. The fourth-order valence-corrected chi connectivity index (χ4v) is 5.47. The summed E-state index contributed by atoms with van der Waals surface area (Å²) < 4.78 is 14.7. The van der Waals surface area contributed by atoms with Crippen LogP contribution in [0.5, 0.6) is 0 Å². The molecule has 1 aromatic rings. The number of amides is 1. The number of hydrogen-bond donors (Lipinski definition) is 3. The number of hydrogen-bond acceptors (Lipinski definition) is 5. The van der Waals surface area contributed by atoms with Gasteiger partial charge in [-0.2, -0.15) is 0 Å². The van der Waals surface area contributed by atoms with Gasteiger partial charge in [-0.05, 0) is 80.6 Å². The van der Waals surface area contributed by atoms with Crippen molar-refractivity contribution in [1.29, 1.82) is 0 Å². The zero-order valence-corrected chi connectivity index (χ0v) is 18.1. The van der Waals surface area contributed by atoms with Crippen molar-refractivity contribution in [3.05, 3.63) is 47.7 Å². The third kappa shape index (κ3) is 4.83. The van der Waals surface area contributed by atoms with Crippen molar-refractivity contribution in [3.8, 4) is 0 Å². The molecule has 2 saturated carbocycles. The molecule has 1 unspecified atom stereocenters. The third-order valence-electron chi connectivity index (χ3n) is 7.16. The van der Waals surface area contributed by atoms with Crippen LogP contribution in [0.3, 0.4) is 0 Å². The smallest absolute Gasteiger partial charge is 0.272 e. The summed E-state index contributed by atoms with van der Waals surface area (Å²) in [4.78, 5) is 19.2. The largest absolute Gasteiger partial charge is 0.393 e. The Bertz CT molecular complexity index is 863. The second-order valence-electron chi connectivity index (χ2n) is 9.27. The molecule has 4 rings (SSSR count). The van der Waals surface area contributed by atoms with Crippen molar-refractivity contribution in [2.24, 2.45) is 11.7 Å². The molecule has 0 aromatic carbocycles. The summed E-state index contributed by atoms with van der Waals surface area (Å²) in [5, 5.41) is 12.8. The zero-order chi connectivity index (χ0) is 22.0. The van der Waals surface area contributed by atoms with Crippen LogP contribution in [0.4, 0.5) is 10.1 Å². The van der Waals surface area contributed by atoms with Crippen LogP contribution in [-0.2, 0) is 4.79 Å². The highest BCUT2D eigenvalue weighted by molar-refractivity contribution is 6.04. The Balaban J connectivity index is 1.50. The number of allylic oxidation sites excluding steroid dienone is 2. The van der Waals surface area contributed by atoms with Crippen molar-refractivity contribution >= 4 is 11.6 Å². The van der Waals surface area contributed by atoms with Crippen molar-refractivity contribution in [2.45, 2.75) is 75.5 Å². The monoisotopic (exact) mass is 428 g/mol. The highest BCUT2D eigenvalue weighted by Crippen LogP contribution is 2.38. The lowest BCUT2D eigenvalue weighted by Crippen LogP contribution is -2.44. The maximum absolute atomic E-state index is 14.7. The summed E-state index contributed by atoms with van der Waals surface area (Å²) in [7, 11) is 1.78. The number of nitrogens with two attached hydrogens (primary N) is 1. The van der Waals surface area contributed by atoms with Gasteiger partial charge in [0.05, 0.1) is 24.0 Å². The Hall–Kier alpha value is -2.25. The molecule has 2 aliphatic carbocycles. The number of nitrogens with zero attached hydrogens (tertiary/aromatic N) is 2. The van der Waals surface area contributed by atoms with Gasteiger partial charge in [-0.25, -0.2) is 4.39 Å². The first-order chi connectivity index (χ1) is 14.9. The van der Waals surface area contributed by atoms with Gasteiger partial charge in [0.2, 0.25) is 0 Å². The van der Waals surface area contributed by atoms with E-state index in [1.165, 1.54) is 6.08 Å². The number of aliphatic hydroxyl groups is 1. The van der Waals surface area contributed by atoms with E-state index >= 15 is 0 Å². The van der Waals surface area contributed by atoms with E-state index in [2.05, 4.69) is 10.3 Å². The Morgan fingerprint density at radius 3 is 2.74 bits per heavy atom. The van der Waals surface area contributed by atoms with Crippen molar-refractivity contribution in [3.63, 3.8) is 0 Å². The number of halogens is 1. The van der Waals surface area contributed by atoms with Gasteiger partial charge in [0.15, 0.2) is 0 Å².